The van der Waals surface area contributed by atoms with Gasteiger partial charge in [0.25, 0.3) is 0 Å². The van der Waals surface area contributed by atoms with Crippen LogP contribution in [0.5, 0.6) is 0 Å². The second-order valence-electron chi connectivity index (χ2n) is 6.50. The predicted octanol–water partition coefficient (Wildman–Crippen LogP) is 1.15. The fourth-order valence-corrected chi connectivity index (χ4v) is 3.50. The summed E-state index contributed by atoms with van der Waals surface area (Å²) in [5.74, 6) is -2.51. The van der Waals surface area contributed by atoms with E-state index in [9.17, 15) is 23.9 Å². The van der Waals surface area contributed by atoms with Gasteiger partial charge < -0.3 is 19.7 Å². The highest BCUT2D eigenvalue weighted by Gasteiger charge is 2.32. The molecule has 0 saturated carbocycles. The van der Waals surface area contributed by atoms with Crippen LogP contribution in [-0.2, 0) is 20.9 Å². The normalized spacial score (nSPS) is 16.4. The number of carbonyl (C=O) groups excluding carboxylic acids is 1. The van der Waals surface area contributed by atoms with E-state index >= 15 is 0 Å². The maximum absolute atomic E-state index is 13.7. The van der Waals surface area contributed by atoms with Gasteiger partial charge in [0.2, 0.25) is 6.41 Å². The van der Waals surface area contributed by atoms with Gasteiger partial charge >= 0.3 is 11.9 Å². The van der Waals surface area contributed by atoms with Gasteiger partial charge in [-0.05, 0) is 18.2 Å². The molecule has 27 heavy (non-hydrogen) atoms. The summed E-state index contributed by atoms with van der Waals surface area (Å²) in [7, 11) is 0. The lowest BCUT2D eigenvalue weighted by molar-refractivity contribution is -0.144. The number of carbonyl (C=O) groups is 3. The molecule has 1 saturated heterocycles. The summed E-state index contributed by atoms with van der Waals surface area (Å²) >= 11 is 0. The Bertz CT molecular complexity index is 873. The molecule has 0 spiro atoms. The highest BCUT2D eigenvalue weighted by Crippen LogP contribution is 2.32. The van der Waals surface area contributed by atoms with Crippen LogP contribution in [0.25, 0.3) is 10.9 Å². The zero-order chi connectivity index (χ0) is 19.6. The van der Waals surface area contributed by atoms with E-state index in [-0.39, 0.29) is 13.0 Å². The number of benzene rings is 1. The van der Waals surface area contributed by atoms with Gasteiger partial charge in [-0.1, -0.05) is 0 Å². The summed E-state index contributed by atoms with van der Waals surface area (Å²) < 4.78 is 15.3. The largest absolute Gasteiger partial charge is 0.481 e. The summed E-state index contributed by atoms with van der Waals surface area (Å²) in [5.41, 5.74) is 0.950. The van der Waals surface area contributed by atoms with Crippen LogP contribution in [0, 0.1) is 5.82 Å². The van der Waals surface area contributed by atoms with Crippen LogP contribution >= 0.6 is 0 Å². The molecular formula is C18H20FN3O5. The van der Waals surface area contributed by atoms with Crippen LogP contribution in [0.2, 0.25) is 0 Å². The number of hydrogen-bond donors (Lipinski definition) is 2. The third kappa shape index (κ3) is 3.92. The molecule has 0 aliphatic carbocycles. The highest BCUT2D eigenvalue weighted by atomic mass is 19.1. The second kappa shape index (κ2) is 7.75. The number of rotatable bonds is 7. The molecule has 0 bridgehead atoms. The minimum Gasteiger partial charge on any atom is -0.481 e. The van der Waals surface area contributed by atoms with E-state index < -0.39 is 23.8 Å². The van der Waals surface area contributed by atoms with Crippen molar-refractivity contribution < 1.29 is 29.0 Å². The minimum atomic E-state index is -1.05. The summed E-state index contributed by atoms with van der Waals surface area (Å²) in [4.78, 5) is 37.2. The van der Waals surface area contributed by atoms with Gasteiger partial charge in [-0.3, -0.25) is 19.3 Å². The van der Waals surface area contributed by atoms with Gasteiger partial charge in [-0.2, -0.15) is 0 Å². The van der Waals surface area contributed by atoms with E-state index in [0.717, 1.165) is 6.41 Å². The van der Waals surface area contributed by atoms with E-state index in [2.05, 4.69) is 0 Å². The van der Waals surface area contributed by atoms with Gasteiger partial charge in [0.1, 0.15) is 11.9 Å². The molecule has 1 unspecified atom stereocenters. The molecule has 1 fully saturated rings. The second-order valence-corrected chi connectivity index (χ2v) is 6.50. The number of halogens is 1. The Morgan fingerprint density at radius 3 is 2.48 bits per heavy atom. The molecular weight excluding hydrogens is 357 g/mol. The summed E-state index contributed by atoms with van der Waals surface area (Å²) in [6.45, 7) is 1.77. The number of nitrogens with zero attached hydrogens (tertiary/aromatic N) is 3. The number of carboxylic acid groups (broad SMARTS) is 2. The monoisotopic (exact) mass is 377 g/mol. The van der Waals surface area contributed by atoms with Gasteiger partial charge in [-0.15, -0.1) is 0 Å². The number of amides is 1. The molecule has 1 aromatic carbocycles. The number of aliphatic carboxylic acids is 2. The molecule has 1 aromatic heterocycles. The standard InChI is InChI=1S/C18H20FN3O5/c19-12-1-2-13-14(10-22(15(13)9-12)4-3-16(24)25)17(18(26)27)21-7-5-20(11-23)6-8-21/h1-2,9-11,17H,3-8H2,(H,24,25)(H,26,27). The smallest absolute Gasteiger partial charge is 0.325 e. The van der Waals surface area contributed by atoms with Crippen molar-refractivity contribution in [3.05, 3.63) is 35.8 Å². The number of aromatic nitrogens is 1. The Balaban J connectivity index is 2.00. The Morgan fingerprint density at radius 2 is 1.89 bits per heavy atom. The molecule has 1 aliphatic rings. The van der Waals surface area contributed by atoms with E-state index in [1.807, 2.05) is 0 Å². The summed E-state index contributed by atoms with van der Waals surface area (Å²) in [5, 5.41) is 19.4. The zero-order valence-corrected chi connectivity index (χ0v) is 14.5. The topological polar surface area (TPSA) is 103 Å². The van der Waals surface area contributed by atoms with Crippen LogP contribution in [0.15, 0.2) is 24.4 Å². The van der Waals surface area contributed by atoms with Gasteiger partial charge in [-0.25, -0.2) is 4.39 Å². The Hall–Kier alpha value is -2.94. The predicted molar refractivity (Wildman–Crippen MR) is 93.7 cm³/mol. The van der Waals surface area contributed by atoms with Crippen LogP contribution in [0.4, 0.5) is 4.39 Å². The lowest BCUT2D eigenvalue weighted by Gasteiger charge is -2.36. The Labute approximate surface area is 154 Å². The quantitative estimate of drug-likeness (QED) is 0.702. The lowest BCUT2D eigenvalue weighted by atomic mass is 10.0. The number of hydrogen-bond acceptors (Lipinski definition) is 4. The lowest BCUT2D eigenvalue weighted by Crippen LogP contribution is -2.48. The Kier molecular flexibility index (Phi) is 5.41. The van der Waals surface area contributed by atoms with E-state index in [0.29, 0.717) is 42.6 Å². The van der Waals surface area contributed by atoms with Crippen molar-refractivity contribution >= 4 is 29.3 Å². The third-order valence-corrected chi connectivity index (χ3v) is 4.83. The van der Waals surface area contributed by atoms with Crippen molar-refractivity contribution in [3.8, 4) is 0 Å². The number of aryl methyl sites for hydroxylation is 1. The molecule has 8 nitrogen and oxygen atoms in total. The van der Waals surface area contributed by atoms with Crippen molar-refractivity contribution in [2.45, 2.75) is 19.0 Å². The van der Waals surface area contributed by atoms with Crippen LogP contribution in [0.1, 0.15) is 18.0 Å². The molecule has 1 aliphatic heterocycles. The average molecular weight is 377 g/mol. The van der Waals surface area contributed by atoms with Crippen molar-refractivity contribution in [1.29, 1.82) is 0 Å². The molecule has 2 aromatic rings. The molecule has 144 valence electrons. The van der Waals surface area contributed by atoms with Gasteiger partial charge in [0.15, 0.2) is 0 Å². The first kappa shape index (κ1) is 18.8. The molecule has 3 rings (SSSR count). The Morgan fingerprint density at radius 1 is 1.19 bits per heavy atom. The molecule has 1 amide bonds. The number of fused-ring (bicyclic) bond motifs is 1. The molecule has 1 atom stereocenters. The first-order valence-electron chi connectivity index (χ1n) is 8.57. The van der Waals surface area contributed by atoms with Crippen molar-refractivity contribution in [3.63, 3.8) is 0 Å². The van der Waals surface area contributed by atoms with Crippen LogP contribution in [-0.4, -0.2) is 69.1 Å². The zero-order valence-electron chi connectivity index (χ0n) is 14.5. The SMILES string of the molecule is O=CN1CCN(C(C(=O)O)c2cn(CCC(=O)O)c3cc(F)ccc23)CC1. The van der Waals surface area contributed by atoms with Crippen LogP contribution in [0.3, 0.4) is 0 Å². The molecule has 9 heteroatoms. The molecule has 2 heterocycles. The molecule has 2 N–H and O–H groups in total. The fourth-order valence-electron chi connectivity index (χ4n) is 3.50. The van der Waals surface area contributed by atoms with E-state index in [1.165, 1.54) is 18.2 Å². The maximum atomic E-state index is 13.7. The fraction of sp³-hybridized carbons (Fsp3) is 0.389. The maximum Gasteiger partial charge on any atom is 0.325 e. The average Bonchev–Trinajstić information content (AvgIpc) is 2.98. The van der Waals surface area contributed by atoms with E-state index in [4.69, 9.17) is 5.11 Å². The van der Waals surface area contributed by atoms with Crippen molar-refractivity contribution in [1.82, 2.24) is 14.4 Å². The van der Waals surface area contributed by atoms with Gasteiger partial charge in [0, 0.05) is 49.9 Å². The summed E-state index contributed by atoms with van der Waals surface area (Å²) in [6.07, 6.45) is 2.18. The number of piperazine rings is 1. The summed E-state index contributed by atoms with van der Waals surface area (Å²) in [6, 6.07) is 3.10. The van der Waals surface area contributed by atoms with Crippen molar-refractivity contribution in [2.24, 2.45) is 0 Å². The van der Waals surface area contributed by atoms with Crippen molar-refractivity contribution in [2.75, 3.05) is 26.2 Å². The minimum absolute atomic E-state index is 0.112. The first-order valence-corrected chi connectivity index (χ1v) is 8.57. The van der Waals surface area contributed by atoms with Crippen LogP contribution < -0.4 is 0 Å². The van der Waals surface area contributed by atoms with E-state index in [1.54, 1.807) is 20.6 Å². The first-order chi connectivity index (χ1) is 12.9. The highest BCUT2D eigenvalue weighted by molar-refractivity contribution is 5.90. The third-order valence-electron chi connectivity index (χ3n) is 4.83. The van der Waals surface area contributed by atoms with Gasteiger partial charge in [0.05, 0.1) is 11.9 Å². The molecule has 0 radical (unpaired) electrons. The number of carboxylic acids is 2.